The van der Waals surface area contributed by atoms with E-state index in [0.717, 1.165) is 32.5 Å². The highest BCUT2D eigenvalue weighted by Crippen LogP contribution is 2.41. The molecule has 5 heteroatoms. The number of nitrogens with zero attached hydrogens (tertiary/aromatic N) is 1. The van der Waals surface area contributed by atoms with Crippen LogP contribution in [0.15, 0.2) is 17.5 Å². The topological polar surface area (TPSA) is 52.6 Å². The number of urea groups is 1. The number of hydrogen-bond donors (Lipinski definition) is 2. The molecular formula is C18H28N2O2S. The average molecular weight is 337 g/mol. The van der Waals surface area contributed by atoms with Crippen molar-refractivity contribution in [1.29, 1.82) is 0 Å². The first-order valence-corrected chi connectivity index (χ1v) is 9.79. The number of aliphatic hydroxyl groups is 1. The van der Waals surface area contributed by atoms with Crippen molar-refractivity contribution < 1.29 is 9.90 Å². The molecule has 23 heavy (non-hydrogen) atoms. The second kappa shape index (κ2) is 7.67. The number of hydrogen-bond acceptors (Lipinski definition) is 3. The van der Waals surface area contributed by atoms with E-state index in [1.165, 1.54) is 37.0 Å². The van der Waals surface area contributed by atoms with Crippen LogP contribution in [0.2, 0.25) is 0 Å². The number of carbonyl (C=O) groups is 1. The van der Waals surface area contributed by atoms with Crippen molar-refractivity contribution in [1.82, 2.24) is 10.2 Å². The van der Waals surface area contributed by atoms with Gasteiger partial charge in [0.25, 0.3) is 0 Å². The third-order valence-electron chi connectivity index (χ3n) is 5.59. The predicted molar refractivity (Wildman–Crippen MR) is 93.9 cm³/mol. The van der Waals surface area contributed by atoms with Gasteiger partial charge in [0.15, 0.2) is 0 Å². The molecule has 2 amide bonds. The lowest BCUT2D eigenvalue weighted by molar-refractivity contribution is 0.135. The summed E-state index contributed by atoms with van der Waals surface area (Å²) in [5.74, 6) is 0.370. The lowest BCUT2D eigenvalue weighted by Crippen LogP contribution is -2.49. The van der Waals surface area contributed by atoms with Gasteiger partial charge in [0.2, 0.25) is 0 Å². The molecule has 2 fully saturated rings. The highest BCUT2D eigenvalue weighted by Gasteiger charge is 2.35. The monoisotopic (exact) mass is 336 g/mol. The van der Waals surface area contributed by atoms with Crippen LogP contribution in [0.5, 0.6) is 0 Å². The van der Waals surface area contributed by atoms with E-state index < -0.39 is 0 Å². The van der Waals surface area contributed by atoms with Crippen LogP contribution < -0.4 is 5.32 Å². The van der Waals surface area contributed by atoms with Gasteiger partial charge in [-0.25, -0.2) is 4.79 Å². The summed E-state index contributed by atoms with van der Waals surface area (Å²) < 4.78 is 0. The molecule has 0 radical (unpaired) electrons. The number of rotatable bonds is 4. The van der Waals surface area contributed by atoms with Crippen LogP contribution in [0.1, 0.15) is 49.8 Å². The van der Waals surface area contributed by atoms with E-state index in [4.69, 9.17) is 0 Å². The Bertz CT molecular complexity index is 489. The lowest BCUT2D eigenvalue weighted by atomic mass is 9.73. The number of piperidine rings is 1. The molecule has 3 rings (SSSR count). The molecule has 1 aromatic heterocycles. The largest absolute Gasteiger partial charge is 0.396 e. The first kappa shape index (κ1) is 16.8. The maximum absolute atomic E-state index is 12.5. The Balaban J connectivity index is 1.58. The minimum Gasteiger partial charge on any atom is -0.396 e. The van der Waals surface area contributed by atoms with Crippen molar-refractivity contribution in [3.8, 4) is 0 Å². The van der Waals surface area contributed by atoms with Crippen molar-refractivity contribution in [3.63, 3.8) is 0 Å². The smallest absolute Gasteiger partial charge is 0.317 e. The number of nitrogens with one attached hydrogen (secondary N) is 1. The molecule has 0 atom stereocenters. The fourth-order valence-corrected chi connectivity index (χ4v) is 4.98. The summed E-state index contributed by atoms with van der Waals surface area (Å²) in [7, 11) is 0. The summed E-state index contributed by atoms with van der Waals surface area (Å²) in [6, 6.07) is 4.43. The third kappa shape index (κ3) is 3.89. The molecule has 4 nitrogen and oxygen atoms in total. The fourth-order valence-electron chi connectivity index (χ4n) is 3.99. The standard InChI is InChI=1S/C18H28N2O2S/c21-13-15-6-10-20(11-7-15)17(22)19-14-18(8-2-1-3-9-18)16-5-4-12-23-16/h4-5,12,15,21H,1-3,6-11,13-14H2,(H,19,22). The Kier molecular flexibility index (Phi) is 5.59. The van der Waals surface area contributed by atoms with Crippen LogP contribution in [0.25, 0.3) is 0 Å². The molecule has 1 aromatic rings. The van der Waals surface area contributed by atoms with Gasteiger partial charge in [0.05, 0.1) is 0 Å². The number of carbonyl (C=O) groups excluding carboxylic acids is 1. The van der Waals surface area contributed by atoms with Crippen LogP contribution in [0.4, 0.5) is 4.79 Å². The van der Waals surface area contributed by atoms with Gasteiger partial charge < -0.3 is 15.3 Å². The van der Waals surface area contributed by atoms with Gasteiger partial charge in [-0.1, -0.05) is 25.3 Å². The van der Waals surface area contributed by atoms with Gasteiger partial charge in [-0.3, -0.25) is 0 Å². The van der Waals surface area contributed by atoms with Gasteiger partial charge in [-0.05, 0) is 43.0 Å². The van der Waals surface area contributed by atoms with Crippen LogP contribution >= 0.6 is 11.3 Å². The molecule has 0 unspecified atom stereocenters. The second-order valence-corrected chi connectivity index (χ2v) is 8.04. The summed E-state index contributed by atoms with van der Waals surface area (Å²) in [4.78, 5) is 15.8. The van der Waals surface area contributed by atoms with E-state index in [-0.39, 0.29) is 18.1 Å². The normalized spacial score (nSPS) is 22.0. The van der Waals surface area contributed by atoms with Crippen molar-refractivity contribution in [2.75, 3.05) is 26.2 Å². The number of likely N-dealkylation sites (tertiary alicyclic amines) is 1. The van der Waals surface area contributed by atoms with Crippen LogP contribution in [0.3, 0.4) is 0 Å². The Morgan fingerprint density at radius 2 is 2.04 bits per heavy atom. The molecule has 0 spiro atoms. The van der Waals surface area contributed by atoms with Gasteiger partial charge in [0, 0.05) is 36.5 Å². The highest BCUT2D eigenvalue weighted by atomic mass is 32.1. The SMILES string of the molecule is O=C(NCC1(c2cccs2)CCCCC1)N1CCC(CO)CC1. The zero-order chi connectivity index (χ0) is 16.1. The van der Waals surface area contributed by atoms with Crippen LogP contribution in [-0.4, -0.2) is 42.3 Å². The van der Waals surface area contributed by atoms with Crippen molar-refractivity contribution in [2.45, 2.75) is 50.4 Å². The molecule has 0 aromatic carbocycles. The van der Waals surface area contributed by atoms with Crippen molar-refractivity contribution in [3.05, 3.63) is 22.4 Å². The molecule has 0 bridgehead atoms. The molecule has 1 aliphatic carbocycles. The van der Waals surface area contributed by atoms with Crippen LogP contribution in [-0.2, 0) is 5.41 Å². The van der Waals surface area contributed by atoms with Crippen molar-refractivity contribution >= 4 is 17.4 Å². The Labute approximate surface area is 142 Å². The summed E-state index contributed by atoms with van der Waals surface area (Å²) in [5, 5.41) is 14.6. The van der Waals surface area contributed by atoms with E-state index in [9.17, 15) is 9.90 Å². The van der Waals surface area contributed by atoms with Gasteiger partial charge in [-0.15, -0.1) is 11.3 Å². The summed E-state index contributed by atoms with van der Waals surface area (Å²) in [6.07, 6.45) is 8.03. The average Bonchev–Trinajstić information content (AvgIpc) is 3.16. The molecule has 1 aliphatic heterocycles. The molecule has 2 N–H and O–H groups in total. The minimum absolute atomic E-state index is 0.0721. The van der Waals surface area contributed by atoms with Gasteiger partial charge in [0.1, 0.15) is 0 Å². The first-order chi connectivity index (χ1) is 11.2. The van der Waals surface area contributed by atoms with E-state index >= 15 is 0 Å². The highest BCUT2D eigenvalue weighted by molar-refractivity contribution is 7.10. The third-order valence-corrected chi connectivity index (χ3v) is 6.71. The van der Waals surface area contributed by atoms with Gasteiger partial charge in [-0.2, -0.15) is 0 Å². The summed E-state index contributed by atoms with van der Waals surface area (Å²) >= 11 is 1.83. The Morgan fingerprint density at radius 1 is 1.30 bits per heavy atom. The molecule has 1 saturated carbocycles. The zero-order valence-corrected chi connectivity index (χ0v) is 14.6. The van der Waals surface area contributed by atoms with Crippen LogP contribution in [0, 0.1) is 5.92 Å². The second-order valence-electron chi connectivity index (χ2n) is 7.09. The maximum Gasteiger partial charge on any atom is 0.317 e. The lowest BCUT2D eigenvalue weighted by Gasteiger charge is -2.38. The van der Waals surface area contributed by atoms with E-state index in [2.05, 4.69) is 22.8 Å². The first-order valence-electron chi connectivity index (χ1n) is 8.91. The molecule has 128 valence electrons. The maximum atomic E-state index is 12.5. The predicted octanol–water partition coefficient (Wildman–Crippen LogP) is 3.36. The number of amides is 2. The molecule has 2 aliphatic rings. The number of thiophene rings is 1. The molecule has 2 heterocycles. The van der Waals surface area contributed by atoms with E-state index in [1.807, 2.05) is 16.2 Å². The molecule has 1 saturated heterocycles. The quantitative estimate of drug-likeness (QED) is 0.886. The summed E-state index contributed by atoms with van der Waals surface area (Å²) in [6.45, 7) is 2.54. The van der Waals surface area contributed by atoms with E-state index in [1.54, 1.807) is 0 Å². The Morgan fingerprint density at radius 3 is 2.65 bits per heavy atom. The Hall–Kier alpha value is -1.07. The molecular weight excluding hydrogens is 308 g/mol. The zero-order valence-electron chi connectivity index (χ0n) is 13.8. The summed E-state index contributed by atoms with van der Waals surface area (Å²) in [5.41, 5.74) is 0.144. The van der Waals surface area contributed by atoms with E-state index in [0.29, 0.717) is 5.92 Å². The van der Waals surface area contributed by atoms with Crippen molar-refractivity contribution in [2.24, 2.45) is 5.92 Å². The minimum atomic E-state index is 0.0721. The number of aliphatic hydroxyl groups excluding tert-OH is 1. The van der Waals surface area contributed by atoms with Gasteiger partial charge >= 0.3 is 6.03 Å². The fraction of sp³-hybridized carbons (Fsp3) is 0.722.